The van der Waals surface area contributed by atoms with Crippen molar-refractivity contribution in [2.45, 2.75) is 135 Å². The predicted molar refractivity (Wildman–Crippen MR) is 145 cm³/mol. The summed E-state index contributed by atoms with van der Waals surface area (Å²) in [7, 11) is 0. The molecular formula is C33H49F3. The van der Waals surface area contributed by atoms with Crippen LogP contribution in [-0.2, 0) is 0 Å². The average Bonchev–Trinajstić information content (AvgIpc) is 2.90. The Labute approximate surface area is 218 Å². The molecule has 0 bridgehead atoms. The van der Waals surface area contributed by atoms with Gasteiger partial charge in [-0.25, -0.2) is 13.2 Å². The first-order chi connectivity index (χ1) is 17.5. The van der Waals surface area contributed by atoms with E-state index in [0.717, 1.165) is 102 Å². The van der Waals surface area contributed by atoms with Crippen molar-refractivity contribution in [3.63, 3.8) is 0 Å². The van der Waals surface area contributed by atoms with Gasteiger partial charge in [-0.3, -0.25) is 0 Å². The maximum absolute atomic E-state index is 15.2. The van der Waals surface area contributed by atoms with Crippen molar-refractivity contribution in [2.24, 2.45) is 23.7 Å². The lowest BCUT2D eigenvalue weighted by Gasteiger charge is -2.32. The van der Waals surface area contributed by atoms with E-state index in [9.17, 15) is 4.39 Å². The van der Waals surface area contributed by atoms with Crippen LogP contribution in [0.2, 0.25) is 0 Å². The third-order valence-corrected chi connectivity index (χ3v) is 9.93. The Bertz CT molecular complexity index is 843. The molecule has 0 saturated heterocycles. The fourth-order valence-electron chi connectivity index (χ4n) is 7.55. The third kappa shape index (κ3) is 6.98. The summed E-state index contributed by atoms with van der Waals surface area (Å²) in [6.07, 6.45) is 20.3. The number of hydrogen-bond donors (Lipinski definition) is 0. The molecule has 2 fully saturated rings. The van der Waals surface area contributed by atoms with Crippen LogP contribution < -0.4 is 0 Å². The number of halogens is 3. The highest BCUT2D eigenvalue weighted by Crippen LogP contribution is 2.43. The standard InChI is InChI=1S/C33H49F3/c1-3-5-7-28-19-14-25(22-31(28)34)9-8-24-12-17-27(18-13-24)30-21-20-29(32(35)33(30)36)26-15-10-23(6-4-2)11-16-26/h20-28H,3-19H2,1-2H3. The summed E-state index contributed by atoms with van der Waals surface area (Å²) in [6.45, 7) is 4.40. The molecular weight excluding hydrogens is 453 g/mol. The van der Waals surface area contributed by atoms with Gasteiger partial charge in [-0.2, -0.15) is 0 Å². The molecule has 36 heavy (non-hydrogen) atoms. The maximum atomic E-state index is 15.2. The summed E-state index contributed by atoms with van der Waals surface area (Å²) in [5, 5.41) is 0. The Morgan fingerprint density at radius 3 is 1.67 bits per heavy atom. The summed E-state index contributed by atoms with van der Waals surface area (Å²) in [6, 6.07) is 3.81. The SMILES string of the molecule is CCCCC1CCC(CCC2CCC(c3ccc(C4CCC(CCC)CC4)c(F)c3F)CC2)C=C1F. The lowest BCUT2D eigenvalue weighted by molar-refractivity contribution is 0.273. The number of unbranched alkanes of at least 4 members (excludes halogenated alkanes) is 1. The molecule has 0 amide bonds. The molecule has 202 valence electrons. The second-order valence-corrected chi connectivity index (χ2v) is 12.4. The molecule has 2 saturated carbocycles. The van der Waals surface area contributed by atoms with Crippen LogP contribution in [0.4, 0.5) is 13.2 Å². The second kappa shape index (κ2) is 13.5. The lowest BCUT2D eigenvalue weighted by atomic mass is 9.74. The van der Waals surface area contributed by atoms with Crippen LogP contribution in [0, 0.1) is 35.3 Å². The van der Waals surface area contributed by atoms with E-state index in [1.54, 1.807) is 0 Å². The van der Waals surface area contributed by atoms with Crippen LogP contribution in [0.15, 0.2) is 24.0 Å². The molecule has 2 atom stereocenters. The largest absolute Gasteiger partial charge is 0.212 e. The van der Waals surface area contributed by atoms with Crippen LogP contribution in [0.3, 0.4) is 0 Å². The molecule has 4 rings (SSSR count). The molecule has 1 aromatic carbocycles. The van der Waals surface area contributed by atoms with E-state index in [1.165, 1.54) is 12.8 Å². The van der Waals surface area contributed by atoms with Crippen molar-refractivity contribution in [1.82, 2.24) is 0 Å². The van der Waals surface area contributed by atoms with E-state index in [0.29, 0.717) is 23.0 Å². The van der Waals surface area contributed by atoms with E-state index >= 15 is 8.78 Å². The number of hydrogen-bond acceptors (Lipinski definition) is 0. The highest BCUT2D eigenvalue weighted by Gasteiger charge is 2.30. The van der Waals surface area contributed by atoms with E-state index in [2.05, 4.69) is 13.8 Å². The summed E-state index contributed by atoms with van der Waals surface area (Å²) in [4.78, 5) is 0. The zero-order valence-corrected chi connectivity index (χ0v) is 22.9. The Hall–Kier alpha value is -1.25. The molecule has 0 aliphatic heterocycles. The first-order valence-electron chi connectivity index (χ1n) is 15.3. The molecule has 0 nitrogen and oxygen atoms in total. The van der Waals surface area contributed by atoms with Gasteiger partial charge in [0.2, 0.25) is 0 Å². The monoisotopic (exact) mass is 502 g/mol. The molecule has 2 unspecified atom stereocenters. The molecule has 0 heterocycles. The van der Waals surface area contributed by atoms with E-state index < -0.39 is 11.6 Å². The van der Waals surface area contributed by atoms with Gasteiger partial charge in [-0.15, -0.1) is 0 Å². The molecule has 3 aliphatic carbocycles. The second-order valence-electron chi connectivity index (χ2n) is 12.4. The Morgan fingerprint density at radius 1 is 0.611 bits per heavy atom. The van der Waals surface area contributed by atoms with Gasteiger partial charge in [0.1, 0.15) is 0 Å². The van der Waals surface area contributed by atoms with Gasteiger partial charge in [0.05, 0.1) is 5.83 Å². The molecule has 3 aliphatic rings. The zero-order chi connectivity index (χ0) is 25.5. The molecule has 3 heteroatoms. The zero-order valence-electron chi connectivity index (χ0n) is 22.9. The summed E-state index contributed by atoms with van der Waals surface area (Å²) < 4.78 is 44.9. The van der Waals surface area contributed by atoms with Gasteiger partial charge < -0.3 is 0 Å². The highest BCUT2D eigenvalue weighted by atomic mass is 19.2. The fourth-order valence-corrected chi connectivity index (χ4v) is 7.55. The van der Waals surface area contributed by atoms with Crippen LogP contribution in [0.1, 0.15) is 146 Å². The Kier molecular flexibility index (Phi) is 10.4. The minimum atomic E-state index is -0.577. The lowest BCUT2D eigenvalue weighted by Crippen LogP contribution is -2.18. The fraction of sp³-hybridized carbons (Fsp3) is 0.758. The van der Waals surface area contributed by atoms with Crippen molar-refractivity contribution in [2.75, 3.05) is 0 Å². The van der Waals surface area contributed by atoms with E-state index in [4.69, 9.17) is 0 Å². The highest BCUT2D eigenvalue weighted by molar-refractivity contribution is 5.32. The first kappa shape index (κ1) is 27.8. The minimum Gasteiger partial charge on any atom is -0.212 e. The van der Waals surface area contributed by atoms with Gasteiger partial charge >= 0.3 is 0 Å². The predicted octanol–water partition coefficient (Wildman–Crippen LogP) is 11.2. The summed E-state index contributed by atoms with van der Waals surface area (Å²) >= 11 is 0. The Balaban J connectivity index is 1.25. The van der Waals surface area contributed by atoms with Gasteiger partial charge in [0.25, 0.3) is 0 Å². The van der Waals surface area contributed by atoms with Gasteiger partial charge in [-0.05, 0) is 130 Å². The van der Waals surface area contributed by atoms with E-state index in [1.807, 2.05) is 18.2 Å². The van der Waals surface area contributed by atoms with Crippen molar-refractivity contribution < 1.29 is 13.2 Å². The number of rotatable bonds is 10. The van der Waals surface area contributed by atoms with Crippen LogP contribution in [0.25, 0.3) is 0 Å². The molecule has 0 spiro atoms. The quantitative estimate of drug-likeness (QED) is 0.298. The normalized spacial score (nSPS) is 31.3. The topological polar surface area (TPSA) is 0 Å². The van der Waals surface area contributed by atoms with Crippen molar-refractivity contribution in [3.8, 4) is 0 Å². The van der Waals surface area contributed by atoms with Gasteiger partial charge in [-0.1, -0.05) is 51.7 Å². The molecule has 1 aromatic rings. The van der Waals surface area contributed by atoms with Crippen molar-refractivity contribution in [1.29, 1.82) is 0 Å². The summed E-state index contributed by atoms with van der Waals surface area (Å²) in [5.74, 6) is 1.26. The first-order valence-corrected chi connectivity index (χ1v) is 15.3. The van der Waals surface area contributed by atoms with Crippen molar-refractivity contribution in [3.05, 3.63) is 46.8 Å². The van der Waals surface area contributed by atoms with Crippen molar-refractivity contribution >= 4 is 0 Å². The van der Waals surface area contributed by atoms with Gasteiger partial charge in [0, 0.05) is 5.92 Å². The minimum absolute atomic E-state index is 0.136. The average molecular weight is 503 g/mol. The van der Waals surface area contributed by atoms with E-state index in [-0.39, 0.29) is 23.6 Å². The summed E-state index contributed by atoms with van der Waals surface area (Å²) in [5.41, 5.74) is 1.22. The van der Waals surface area contributed by atoms with Crippen LogP contribution >= 0.6 is 0 Å². The Morgan fingerprint density at radius 2 is 1.17 bits per heavy atom. The number of benzene rings is 1. The maximum Gasteiger partial charge on any atom is 0.162 e. The molecule has 0 aromatic heterocycles. The number of allylic oxidation sites excluding steroid dienone is 2. The van der Waals surface area contributed by atoms with Gasteiger partial charge in [0.15, 0.2) is 11.6 Å². The molecule has 0 radical (unpaired) electrons. The molecule has 0 N–H and O–H groups in total. The smallest absolute Gasteiger partial charge is 0.162 e. The van der Waals surface area contributed by atoms with Crippen LogP contribution in [0.5, 0.6) is 0 Å². The van der Waals surface area contributed by atoms with Crippen LogP contribution in [-0.4, -0.2) is 0 Å². The third-order valence-electron chi connectivity index (χ3n) is 9.93.